The van der Waals surface area contributed by atoms with E-state index >= 15 is 0 Å². The molecule has 0 spiro atoms. The van der Waals surface area contributed by atoms with Crippen LogP contribution >= 0.6 is 11.8 Å². The fourth-order valence-corrected chi connectivity index (χ4v) is 2.77. The predicted octanol–water partition coefficient (Wildman–Crippen LogP) is 3.67. The summed E-state index contributed by atoms with van der Waals surface area (Å²) in [6.07, 6.45) is 5.41. The molecule has 0 heterocycles. The van der Waals surface area contributed by atoms with Crippen LogP contribution in [-0.4, -0.2) is 17.0 Å². The average Bonchev–Trinajstić information content (AvgIpc) is 2.09. The van der Waals surface area contributed by atoms with Crippen molar-refractivity contribution in [3.05, 3.63) is 0 Å². The first-order valence-corrected chi connectivity index (χ1v) is 7.01. The number of hydrogen-bond acceptors (Lipinski definition) is 2. The fraction of sp³-hybridized carbons (Fsp3) is 1.00. The van der Waals surface area contributed by atoms with E-state index in [-0.39, 0.29) is 5.54 Å². The second-order valence-electron chi connectivity index (χ2n) is 4.92. The van der Waals surface area contributed by atoms with Crippen LogP contribution < -0.4 is 5.73 Å². The van der Waals surface area contributed by atoms with Crippen molar-refractivity contribution in [1.29, 1.82) is 0 Å². The first-order valence-electron chi connectivity index (χ1n) is 5.86. The van der Waals surface area contributed by atoms with E-state index < -0.39 is 0 Å². The summed E-state index contributed by atoms with van der Waals surface area (Å²) in [6, 6.07) is 0. The number of hydrogen-bond donors (Lipinski definition) is 1. The highest BCUT2D eigenvalue weighted by Crippen LogP contribution is 2.20. The van der Waals surface area contributed by atoms with Gasteiger partial charge in [-0.25, -0.2) is 0 Å². The summed E-state index contributed by atoms with van der Waals surface area (Å²) in [6.45, 7) is 8.78. The van der Waals surface area contributed by atoms with Gasteiger partial charge in [-0.2, -0.15) is 11.8 Å². The maximum Gasteiger partial charge on any atom is 0.0188 e. The second-order valence-corrected chi connectivity index (χ2v) is 5.95. The average molecular weight is 217 g/mol. The molecule has 0 saturated heterocycles. The van der Waals surface area contributed by atoms with Gasteiger partial charge in [0.05, 0.1) is 0 Å². The Kier molecular flexibility index (Phi) is 7.75. The topological polar surface area (TPSA) is 26.0 Å². The Labute approximate surface area is 94.2 Å². The standard InChI is InChI=1S/C12H27NS/c1-5-7-8-11(6-2)9-14-10-12(3,4)13/h11H,5-10,13H2,1-4H3. The van der Waals surface area contributed by atoms with E-state index in [0.29, 0.717) is 0 Å². The van der Waals surface area contributed by atoms with Gasteiger partial charge in [0.15, 0.2) is 0 Å². The Balaban J connectivity index is 3.52. The van der Waals surface area contributed by atoms with Crippen molar-refractivity contribution < 1.29 is 0 Å². The molecule has 1 atom stereocenters. The van der Waals surface area contributed by atoms with Crippen LogP contribution in [0.1, 0.15) is 53.4 Å². The molecule has 2 N–H and O–H groups in total. The van der Waals surface area contributed by atoms with Crippen LogP contribution in [0.3, 0.4) is 0 Å². The summed E-state index contributed by atoms with van der Waals surface area (Å²) < 4.78 is 0. The molecule has 1 nitrogen and oxygen atoms in total. The van der Waals surface area contributed by atoms with Crippen LogP contribution in [-0.2, 0) is 0 Å². The molecule has 0 aromatic carbocycles. The van der Waals surface area contributed by atoms with E-state index in [1.54, 1.807) is 0 Å². The van der Waals surface area contributed by atoms with E-state index in [2.05, 4.69) is 27.7 Å². The number of nitrogens with two attached hydrogens (primary N) is 1. The molecule has 0 rings (SSSR count). The third kappa shape index (κ3) is 8.89. The van der Waals surface area contributed by atoms with Gasteiger partial charge in [-0.3, -0.25) is 0 Å². The molecule has 0 aromatic rings. The van der Waals surface area contributed by atoms with E-state index in [4.69, 9.17) is 5.73 Å². The summed E-state index contributed by atoms with van der Waals surface area (Å²) in [4.78, 5) is 0. The fourth-order valence-electron chi connectivity index (χ4n) is 1.39. The Hall–Kier alpha value is 0.310. The monoisotopic (exact) mass is 217 g/mol. The van der Waals surface area contributed by atoms with Crippen LogP contribution in [0, 0.1) is 5.92 Å². The molecule has 1 unspecified atom stereocenters. The normalized spacial score (nSPS) is 14.4. The Morgan fingerprint density at radius 1 is 1.29 bits per heavy atom. The summed E-state index contributed by atoms with van der Waals surface area (Å²) in [5.41, 5.74) is 5.94. The van der Waals surface area contributed by atoms with Gasteiger partial charge in [0.1, 0.15) is 0 Å². The van der Waals surface area contributed by atoms with Crippen LogP contribution in [0.2, 0.25) is 0 Å². The van der Waals surface area contributed by atoms with Crippen molar-refractivity contribution in [2.24, 2.45) is 11.7 Å². The van der Waals surface area contributed by atoms with Gasteiger partial charge < -0.3 is 5.73 Å². The zero-order valence-corrected chi connectivity index (χ0v) is 11.1. The van der Waals surface area contributed by atoms with Crippen molar-refractivity contribution in [1.82, 2.24) is 0 Å². The van der Waals surface area contributed by atoms with Crippen molar-refractivity contribution >= 4 is 11.8 Å². The SMILES string of the molecule is CCCCC(CC)CSCC(C)(C)N. The van der Waals surface area contributed by atoms with Crippen molar-refractivity contribution in [3.8, 4) is 0 Å². The molecule has 0 fully saturated rings. The molecule has 0 aliphatic carbocycles. The highest BCUT2D eigenvalue weighted by atomic mass is 32.2. The van der Waals surface area contributed by atoms with Crippen molar-refractivity contribution in [2.75, 3.05) is 11.5 Å². The highest BCUT2D eigenvalue weighted by molar-refractivity contribution is 7.99. The number of thioether (sulfide) groups is 1. The lowest BCUT2D eigenvalue weighted by molar-refractivity contribution is 0.498. The highest BCUT2D eigenvalue weighted by Gasteiger charge is 2.12. The lowest BCUT2D eigenvalue weighted by Gasteiger charge is -2.20. The lowest BCUT2D eigenvalue weighted by Crippen LogP contribution is -2.35. The molecule has 2 heteroatoms. The van der Waals surface area contributed by atoms with Gasteiger partial charge >= 0.3 is 0 Å². The lowest BCUT2D eigenvalue weighted by atomic mass is 10.0. The largest absolute Gasteiger partial charge is 0.325 e. The van der Waals surface area contributed by atoms with Crippen LogP contribution in [0.5, 0.6) is 0 Å². The van der Waals surface area contributed by atoms with Gasteiger partial charge in [0.25, 0.3) is 0 Å². The molecule has 0 bridgehead atoms. The number of rotatable bonds is 8. The minimum atomic E-state index is -0.00624. The molecular formula is C12H27NS. The van der Waals surface area contributed by atoms with Gasteiger partial charge in [0, 0.05) is 11.3 Å². The molecule has 0 aliphatic heterocycles. The first kappa shape index (κ1) is 14.3. The minimum Gasteiger partial charge on any atom is -0.325 e. The van der Waals surface area contributed by atoms with Crippen molar-refractivity contribution in [3.63, 3.8) is 0 Å². The van der Waals surface area contributed by atoms with Crippen LogP contribution in [0.25, 0.3) is 0 Å². The van der Waals surface area contributed by atoms with Gasteiger partial charge in [0.2, 0.25) is 0 Å². The molecule has 0 amide bonds. The third-order valence-corrected chi connectivity index (χ3v) is 4.03. The van der Waals surface area contributed by atoms with E-state index in [1.807, 2.05) is 11.8 Å². The zero-order chi connectivity index (χ0) is 11.0. The Morgan fingerprint density at radius 2 is 1.93 bits per heavy atom. The van der Waals surface area contributed by atoms with E-state index in [9.17, 15) is 0 Å². The van der Waals surface area contributed by atoms with Gasteiger partial charge in [-0.05, 0) is 31.9 Å². The van der Waals surface area contributed by atoms with Gasteiger partial charge in [-0.1, -0.05) is 33.1 Å². The summed E-state index contributed by atoms with van der Waals surface area (Å²) in [7, 11) is 0. The summed E-state index contributed by atoms with van der Waals surface area (Å²) >= 11 is 2.02. The first-order chi connectivity index (χ1) is 6.49. The maximum absolute atomic E-state index is 5.94. The third-order valence-electron chi connectivity index (χ3n) is 2.37. The Morgan fingerprint density at radius 3 is 2.36 bits per heavy atom. The van der Waals surface area contributed by atoms with Crippen LogP contribution in [0.4, 0.5) is 0 Å². The molecular weight excluding hydrogens is 190 g/mol. The van der Waals surface area contributed by atoms with E-state index in [1.165, 1.54) is 31.4 Å². The molecule has 0 radical (unpaired) electrons. The van der Waals surface area contributed by atoms with Gasteiger partial charge in [-0.15, -0.1) is 0 Å². The predicted molar refractivity (Wildman–Crippen MR) is 68.9 cm³/mol. The smallest absolute Gasteiger partial charge is 0.0188 e. The quantitative estimate of drug-likeness (QED) is 0.671. The number of unbranched alkanes of at least 4 members (excludes halogenated alkanes) is 1. The summed E-state index contributed by atoms with van der Waals surface area (Å²) in [5.74, 6) is 3.27. The summed E-state index contributed by atoms with van der Waals surface area (Å²) in [5, 5.41) is 0. The van der Waals surface area contributed by atoms with Crippen molar-refractivity contribution in [2.45, 2.75) is 58.9 Å². The molecule has 0 aromatic heterocycles. The Bertz CT molecular complexity index is 129. The molecule has 14 heavy (non-hydrogen) atoms. The maximum atomic E-state index is 5.94. The van der Waals surface area contributed by atoms with Crippen LogP contribution in [0.15, 0.2) is 0 Å². The second kappa shape index (κ2) is 7.58. The molecule has 0 saturated carbocycles. The zero-order valence-electron chi connectivity index (χ0n) is 10.3. The van der Waals surface area contributed by atoms with E-state index in [0.717, 1.165) is 11.7 Å². The molecule has 0 aliphatic rings. The minimum absolute atomic E-state index is 0.00624. The molecule has 86 valence electrons.